The lowest BCUT2D eigenvalue weighted by molar-refractivity contribution is 0.0726. The van der Waals surface area contributed by atoms with E-state index < -0.39 is 0 Å². The normalized spacial score (nSPS) is 17.4. The van der Waals surface area contributed by atoms with Crippen LogP contribution in [0.5, 0.6) is 0 Å². The first-order valence-electron chi connectivity index (χ1n) is 8.60. The van der Waals surface area contributed by atoms with Crippen molar-refractivity contribution in [3.8, 4) is 0 Å². The first kappa shape index (κ1) is 15.1. The van der Waals surface area contributed by atoms with Crippen LogP contribution in [0, 0.1) is 5.82 Å². The molecule has 2 aromatic heterocycles. The van der Waals surface area contributed by atoms with Crippen molar-refractivity contribution < 1.29 is 9.18 Å². The molecule has 1 saturated heterocycles. The molecule has 7 heteroatoms. The Morgan fingerprint density at radius 1 is 1.19 bits per heavy atom. The van der Waals surface area contributed by atoms with Gasteiger partial charge in [0.25, 0.3) is 5.91 Å². The second kappa shape index (κ2) is 5.66. The molecule has 3 heterocycles. The number of likely N-dealkylation sites (tertiary alicyclic amines) is 1. The summed E-state index contributed by atoms with van der Waals surface area (Å²) in [5.74, 6) is 0.267. The third-order valence-electron chi connectivity index (χ3n) is 4.96. The number of carbonyl (C=O) groups excluding carboxylic acids is 1. The van der Waals surface area contributed by atoms with E-state index >= 15 is 0 Å². The Labute approximate surface area is 148 Å². The van der Waals surface area contributed by atoms with E-state index in [0.717, 1.165) is 23.7 Å². The number of H-pyrrole nitrogens is 2. The molecule has 1 atom stereocenters. The summed E-state index contributed by atoms with van der Waals surface area (Å²) in [5, 5.41) is 7.95. The van der Waals surface area contributed by atoms with Gasteiger partial charge in [0.1, 0.15) is 11.6 Å². The highest BCUT2D eigenvalue weighted by Gasteiger charge is 2.34. The predicted octanol–water partition coefficient (Wildman–Crippen LogP) is 3.56. The molecule has 2 aromatic carbocycles. The molecule has 0 unspecified atom stereocenters. The quantitative estimate of drug-likeness (QED) is 0.581. The SMILES string of the molecule is O=C(c1n[nH]c2ccccc12)N1CCC[C@@H]1c1nc2ccc(F)cc2[nH]1. The van der Waals surface area contributed by atoms with E-state index in [1.54, 1.807) is 11.0 Å². The van der Waals surface area contributed by atoms with Crippen molar-refractivity contribution in [3.63, 3.8) is 0 Å². The number of amides is 1. The van der Waals surface area contributed by atoms with Gasteiger partial charge in [0.05, 0.1) is 22.6 Å². The van der Waals surface area contributed by atoms with Crippen LogP contribution in [-0.2, 0) is 0 Å². The Balaban J connectivity index is 1.52. The highest BCUT2D eigenvalue weighted by atomic mass is 19.1. The number of imidazole rings is 1. The Hall–Kier alpha value is -3.22. The first-order valence-corrected chi connectivity index (χ1v) is 8.60. The van der Waals surface area contributed by atoms with Crippen LogP contribution >= 0.6 is 0 Å². The average molecular weight is 349 g/mol. The molecule has 1 aliphatic heterocycles. The zero-order chi connectivity index (χ0) is 17.7. The molecule has 0 radical (unpaired) electrons. The van der Waals surface area contributed by atoms with Gasteiger partial charge in [-0.05, 0) is 37.1 Å². The van der Waals surface area contributed by atoms with E-state index in [9.17, 15) is 9.18 Å². The maximum Gasteiger partial charge on any atom is 0.275 e. The molecule has 4 aromatic rings. The molecule has 1 amide bonds. The number of fused-ring (bicyclic) bond motifs is 2. The fraction of sp³-hybridized carbons (Fsp3) is 0.211. The van der Waals surface area contributed by atoms with Crippen LogP contribution in [0.25, 0.3) is 21.9 Å². The summed E-state index contributed by atoms with van der Waals surface area (Å²) in [5.41, 5.74) is 2.61. The molecule has 0 aliphatic carbocycles. The average Bonchev–Trinajstić information content (AvgIpc) is 3.37. The van der Waals surface area contributed by atoms with Gasteiger partial charge in [-0.2, -0.15) is 5.10 Å². The molecule has 1 fully saturated rings. The summed E-state index contributed by atoms with van der Waals surface area (Å²) >= 11 is 0. The minimum atomic E-state index is -0.310. The molecular formula is C19H16FN5O. The van der Waals surface area contributed by atoms with Crippen LogP contribution in [0.15, 0.2) is 42.5 Å². The lowest BCUT2D eigenvalue weighted by atomic mass is 10.1. The predicted molar refractivity (Wildman–Crippen MR) is 95.2 cm³/mol. The van der Waals surface area contributed by atoms with Crippen LogP contribution in [0.3, 0.4) is 0 Å². The number of hydrogen-bond acceptors (Lipinski definition) is 3. The van der Waals surface area contributed by atoms with Crippen LogP contribution in [-0.4, -0.2) is 37.5 Å². The highest BCUT2D eigenvalue weighted by Crippen LogP contribution is 2.33. The minimum absolute atomic E-state index is 0.114. The zero-order valence-corrected chi connectivity index (χ0v) is 13.9. The number of aromatic amines is 2. The Morgan fingerprint density at radius 3 is 3.00 bits per heavy atom. The van der Waals surface area contributed by atoms with Gasteiger partial charge in [0.15, 0.2) is 5.69 Å². The topological polar surface area (TPSA) is 77.7 Å². The molecule has 5 rings (SSSR count). The monoisotopic (exact) mass is 349 g/mol. The highest BCUT2D eigenvalue weighted by molar-refractivity contribution is 6.04. The van der Waals surface area contributed by atoms with E-state index in [4.69, 9.17) is 0 Å². The van der Waals surface area contributed by atoms with Crippen molar-refractivity contribution >= 4 is 27.8 Å². The van der Waals surface area contributed by atoms with Gasteiger partial charge in [-0.15, -0.1) is 0 Å². The molecule has 0 spiro atoms. The Bertz CT molecular complexity index is 1130. The summed E-state index contributed by atoms with van der Waals surface area (Å²) in [6.07, 6.45) is 1.71. The number of nitrogens with one attached hydrogen (secondary N) is 2. The molecule has 6 nitrogen and oxygen atoms in total. The number of para-hydroxylation sites is 1. The van der Waals surface area contributed by atoms with Crippen LogP contribution in [0.1, 0.15) is 35.2 Å². The number of hydrogen-bond donors (Lipinski definition) is 2. The zero-order valence-electron chi connectivity index (χ0n) is 13.9. The van der Waals surface area contributed by atoms with Gasteiger partial charge in [-0.25, -0.2) is 9.37 Å². The van der Waals surface area contributed by atoms with Gasteiger partial charge < -0.3 is 9.88 Å². The second-order valence-electron chi connectivity index (χ2n) is 6.56. The number of aromatic nitrogens is 4. The minimum Gasteiger partial charge on any atom is -0.340 e. The van der Waals surface area contributed by atoms with Gasteiger partial charge in [-0.1, -0.05) is 18.2 Å². The second-order valence-corrected chi connectivity index (χ2v) is 6.56. The third-order valence-corrected chi connectivity index (χ3v) is 4.96. The van der Waals surface area contributed by atoms with Gasteiger partial charge in [0, 0.05) is 11.9 Å². The van der Waals surface area contributed by atoms with Crippen molar-refractivity contribution in [2.24, 2.45) is 0 Å². The molecule has 0 bridgehead atoms. The van der Waals surface area contributed by atoms with Crippen molar-refractivity contribution in [3.05, 3.63) is 59.8 Å². The van der Waals surface area contributed by atoms with Crippen LogP contribution in [0.2, 0.25) is 0 Å². The van der Waals surface area contributed by atoms with E-state index in [1.807, 2.05) is 24.3 Å². The maximum absolute atomic E-state index is 13.4. The van der Waals surface area contributed by atoms with Gasteiger partial charge in [-0.3, -0.25) is 9.89 Å². The van der Waals surface area contributed by atoms with Crippen molar-refractivity contribution in [1.82, 2.24) is 25.1 Å². The summed E-state index contributed by atoms with van der Waals surface area (Å²) in [7, 11) is 0. The maximum atomic E-state index is 13.4. The smallest absolute Gasteiger partial charge is 0.275 e. The molecule has 2 N–H and O–H groups in total. The van der Waals surface area contributed by atoms with Crippen molar-refractivity contribution in [2.75, 3.05) is 6.54 Å². The van der Waals surface area contributed by atoms with Crippen molar-refractivity contribution in [2.45, 2.75) is 18.9 Å². The van der Waals surface area contributed by atoms with E-state index in [-0.39, 0.29) is 17.8 Å². The Morgan fingerprint density at radius 2 is 2.08 bits per heavy atom. The van der Waals surface area contributed by atoms with E-state index in [1.165, 1.54) is 12.1 Å². The van der Waals surface area contributed by atoms with Crippen LogP contribution in [0.4, 0.5) is 4.39 Å². The van der Waals surface area contributed by atoms with Gasteiger partial charge in [0.2, 0.25) is 0 Å². The number of carbonyl (C=O) groups is 1. The molecule has 0 saturated carbocycles. The standard InChI is InChI=1S/C19H16FN5O/c20-11-7-8-14-15(10-11)22-18(21-14)16-6-3-9-25(16)19(26)17-12-4-1-2-5-13(12)23-24-17/h1-2,4-5,7-8,10,16H,3,6,9H2,(H,21,22)(H,23,24)/t16-/m1/s1. The van der Waals surface area contributed by atoms with E-state index in [0.29, 0.717) is 29.1 Å². The number of halogens is 1. The van der Waals surface area contributed by atoms with Gasteiger partial charge >= 0.3 is 0 Å². The largest absolute Gasteiger partial charge is 0.340 e. The van der Waals surface area contributed by atoms with E-state index in [2.05, 4.69) is 20.2 Å². The molecule has 1 aliphatic rings. The fourth-order valence-electron chi connectivity index (χ4n) is 3.72. The van der Waals surface area contributed by atoms with Crippen LogP contribution < -0.4 is 0 Å². The van der Waals surface area contributed by atoms with Crippen molar-refractivity contribution in [1.29, 1.82) is 0 Å². The summed E-state index contributed by atoms with van der Waals surface area (Å²) < 4.78 is 13.4. The summed E-state index contributed by atoms with van der Waals surface area (Å²) in [6.45, 7) is 0.649. The number of nitrogens with zero attached hydrogens (tertiary/aromatic N) is 3. The molecule has 130 valence electrons. The summed E-state index contributed by atoms with van der Waals surface area (Å²) in [6, 6.07) is 11.9. The number of rotatable bonds is 2. The first-order chi connectivity index (χ1) is 12.7. The summed E-state index contributed by atoms with van der Waals surface area (Å²) in [4.78, 5) is 22.7. The number of benzene rings is 2. The third kappa shape index (κ3) is 2.28. The lowest BCUT2D eigenvalue weighted by Gasteiger charge is -2.22. The molecular weight excluding hydrogens is 333 g/mol. The lowest BCUT2D eigenvalue weighted by Crippen LogP contribution is -2.31. The fourth-order valence-corrected chi connectivity index (χ4v) is 3.72. The Kier molecular flexibility index (Phi) is 3.28. The molecule has 26 heavy (non-hydrogen) atoms.